The van der Waals surface area contributed by atoms with E-state index in [2.05, 4.69) is 17.2 Å². The van der Waals surface area contributed by atoms with Gasteiger partial charge in [0.15, 0.2) is 0 Å². The molecule has 19 heavy (non-hydrogen) atoms. The summed E-state index contributed by atoms with van der Waals surface area (Å²) >= 11 is 0. The topological polar surface area (TPSA) is 82.2 Å². The van der Waals surface area contributed by atoms with E-state index in [4.69, 9.17) is 10.5 Å². The normalized spacial score (nSPS) is 13.1. The van der Waals surface area contributed by atoms with Crippen LogP contribution in [0.4, 0.5) is 4.79 Å². The highest BCUT2D eigenvalue weighted by atomic mass is 16.6. The van der Waals surface area contributed by atoms with Crippen LogP contribution in [0.15, 0.2) is 12.5 Å². The Morgan fingerprint density at radius 3 is 2.84 bits per heavy atom. The largest absolute Gasteiger partial charge is 0.444 e. The average molecular weight is 268 g/mol. The molecule has 0 saturated heterocycles. The maximum absolute atomic E-state index is 11.5. The van der Waals surface area contributed by atoms with E-state index < -0.39 is 11.7 Å². The zero-order chi connectivity index (χ0) is 14.5. The number of rotatable bonds is 5. The lowest BCUT2D eigenvalue weighted by molar-refractivity contribution is 0.0524. The third-order valence-electron chi connectivity index (χ3n) is 2.52. The lowest BCUT2D eigenvalue weighted by Crippen LogP contribution is -2.41. The van der Waals surface area contributed by atoms with E-state index in [1.807, 2.05) is 25.3 Å². The first-order chi connectivity index (χ1) is 8.81. The number of alkyl carbamates (subject to hydrolysis) is 1. The minimum absolute atomic E-state index is 0.158. The Labute approximate surface area is 114 Å². The molecular formula is C13H24N4O2. The third kappa shape index (κ3) is 5.74. The van der Waals surface area contributed by atoms with Gasteiger partial charge in [0.1, 0.15) is 5.60 Å². The van der Waals surface area contributed by atoms with Crippen LogP contribution in [0.1, 0.15) is 33.4 Å². The summed E-state index contributed by atoms with van der Waals surface area (Å²) in [6.45, 7) is 8.77. The number of carbonyl (C=O) groups excluding carboxylic acids is 1. The van der Waals surface area contributed by atoms with Gasteiger partial charge >= 0.3 is 6.09 Å². The zero-order valence-corrected chi connectivity index (χ0v) is 12.1. The summed E-state index contributed by atoms with van der Waals surface area (Å²) in [6.07, 6.45) is 3.82. The minimum Gasteiger partial charge on any atom is -0.444 e. The Morgan fingerprint density at radius 2 is 2.26 bits per heavy atom. The summed E-state index contributed by atoms with van der Waals surface area (Å²) < 4.78 is 7.18. The van der Waals surface area contributed by atoms with Crippen LogP contribution >= 0.6 is 0 Å². The van der Waals surface area contributed by atoms with Crippen LogP contribution < -0.4 is 11.1 Å². The van der Waals surface area contributed by atoms with E-state index in [0.717, 1.165) is 12.2 Å². The van der Waals surface area contributed by atoms with E-state index in [1.165, 1.54) is 0 Å². The highest BCUT2D eigenvalue weighted by Crippen LogP contribution is 2.06. The smallest absolute Gasteiger partial charge is 0.407 e. The van der Waals surface area contributed by atoms with Crippen LogP contribution in [0.25, 0.3) is 0 Å². The van der Waals surface area contributed by atoms with E-state index in [1.54, 1.807) is 12.5 Å². The van der Waals surface area contributed by atoms with Crippen LogP contribution in [-0.4, -0.2) is 33.8 Å². The molecule has 0 radical (unpaired) electrons. The van der Waals surface area contributed by atoms with Crippen molar-refractivity contribution in [2.75, 3.05) is 6.54 Å². The molecular weight excluding hydrogens is 244 g/mol. The van der Waals surface area contributed by atoms with Gasteiger partial charge in [-0.2, -0.15) is 0 Å². The van der Waals surface area contributed by atoms with Crippen molar-refractivity contribution in [3.05, 3.63) is 18.2 Å². The molecule has 1 heterocycles. The van der Waals surface area contributed by atoms with Crippen molar-refractivity contribution in [1.29, 1.82) is 0 Å². The molecule has 6 nitrogen and oxygen atoms in total. The zero-order valence-electron chi connectivity index (χ0n) is 12.1. The first-order valence-electron chi connectivity index (χ1n) is 6.53. The fourth-order valence-corrected chi connectivity index (χ4v) is 1.67. The van der Waals surface area contributed by atoms with E-state index in [-0.39, 0.29) is 6.04 Å². The molecule has 1 aromatic rings. The number of imidazole rings is 1. The number of carbonyl (C=O) groups is 1. The van der Waals surface area contributed by atoms with Gasteiger partial charge in [-0.05, 0) is 27.7 Å². The molecule has 0 saturated carbocycles. The standard InChI is InChI=1S/C13H24N4O2/c1-5-17-9-15-8-11(17)6-10(14)7-16-12(18)19-13(2,3)4/h8-10H,5-7,14H2,1-4H3,(H,16,18). The number of hydrogen-bond acceptors (Lipinski definition) is 4. The van der Waals surface area contributed by atoms with Crippen LogP contribution in [-0.2, 0) is 17.7 Å². The second kappa shape index (κ2) is 6.56. The van der Waals surface area contributed by atoms with Crippen molar-refractivity contribution >= 4 is 6.09 Å². The first-order valence-corrected chi connectivity index (χ1v) is 6.53. The van der Waals surface area contributed by atoms with Gasteiger partial charge in [-0.15, -0.1) is 0 Å². The summed E-state index contributed by atoms with van der Waals surface area (Å²) in [5.74, 6) is 0. The lowest BCUT2D eigenvalue weighted by atomic mass is 10.2. The summed E-state index contributed by atoms with van der Waals surface area (Å²) in [6, 6.07) is -0.158. The van der Waals surface area contributed by atoms with Gasteiger partial charge in [-0.3, -0.25) is 0 Å². The number of nitrogens with two attached hydrogens (primary N) is 1. The third-order valence-corrected chi connectivity index (χ3v) is 2.52. The number of nitrogens with zero attached hydrogens (tertiary/aromatic N) is 2. The van der Waals surface area contributed by atoms with Gasteiger partial charge in [0.2, 0.25) is 0 Å². The molecule has 0 spiro atoms. The van der Waals surface area contributed by atoms with Crippen molar-refractivity contribution < 1.29 is 9.53 Å². The summed E-state index contributed by atoms with van der Waals surface area (Å²) in [7, 11) is 0. The van der Waals surface area contributed by atoms with E-state index in [9.17, 15) is 4.79 Å². The highest BCUT2D eigenvalue weighted by molar-refractivity contribution is 5.67. The Kier molecular flexibility index (Phi) is 5.35. The Balaban J connectivity index is 2.36. The Hall–Kier alpha value is -1.56. The molecule has 1 amide bonds. The highest BCUT2D eigenvalue weighted by Gasteiger charge is 2.16. The molecule has 108 valence electrons. The summed E-state index contributed by atoms with van der Waals surface area (Å²) in [5, 5.41) is 2.67. The molecule has 0 aromatic carbocycles. The van der Waals surface area contributed by atoms with E-state index >= 15 is 0 Å². The van der Waals surface area contributed by atoms with Gasteiger partial charge in [-0.25, -0.2) is 9.78 Å². The summed E-state index contributed by atoms with van der Waals surface area (Å²) in [4.78, 5) is 15.6. The quantitative estimate of drug-likeness (QED) is 0.843. The van der Waals surface area contributed by atoms with Gasteiger partial charge in [-0.1, -0.05) is 0 Å². The van der Waals surface area contributed by atoms with Crippen LogP contribution in [0.5, 0.6) is 0 Å². The number of nitrogens with one attached hydrogen (secondary N) is 1. The second-order valence-electron chi connectivity index (χ2n) is 5.52. The maximum Gasteiger partial charge on any atom is 0.407 e. The fourth-order valence-electron chi connectivity index (χ4n) is 1.67. The van der Waals surface area contributed by atoms with Crippen LogP contribution in [0.3, 0.4) is 0 Å². The Bertz CT molecular complexity index is 409. The number of aromatic nitrogens is 2. The SMILES string of the molecule is CCn1cncc1CC(N)CNC(=O)OC(C)(C)C. The molecule has 1 unspecified atom stereocenters. The summed E-state index contributed by atoms with van der Waals surface area (Å²) in [5.41, 5.74) is 6.57. The molecule has 0 bridgehead atoms. The van der Waals surface area contributed by atoms with Crippen molar-refractivity contribution in [2.24, 2.45) is 5.73 Å². The van der Waals surface area contributed by atoms with Crippen molar-refractivity contribution in [3.63, 3.8) is 0 Å². The minimum atomic E-state index is -0.491. The van der Waals surface area contributed by atoms with Crippen molar-refractivity contribution in [3.8, 4) is 0 Å². The number of amides is 1. The molecule has 0 aliphatic heterocycles. The number of aryl methyl sites for hydroxylation is 1. The van der Waals surface area contributed by atoms with Crippen molar-refractivity contribution in [1.82, 2.24) is 14.9 Å². The fraction of sp³-hybridized carbons (Fsp3) is 0.692. The predicted molar refractivity (Wildman–Crippen MR) is 73.8 cm³/mol. The number of hydrogen-bond donors (Lipinski definition) is 2. The molecule has 3 N–H and O–H groups in total. The molecule has 6 heteroatoms. The molecule has 0 aliphatic rings. The van der Waals surface area contributed by atoms with Crippen molar-refractivity contribution in [2.45, 2.75) is 52.3 Å². The van der Waals surface area contributed by atoms with E-state index in [0.29, 0.717) is 13.0 Å². The van der Waals surface area contributed by atoms with Gasteiger partial charge < -0.3 is 20.4 Å². The van der Waals surface area contributed by atoms with Gasteiger partial charge in [0.25, 0.3) is 0 Å². The van der Waals surface area contributed by atoms with Gasteiger partial charge in [0, 0.05) is 37.4 Å². The van der Waals surface area contributed by atoms with Gasteiger partial charge in [0.05, 0.1) is 6.33 Å². The van der Waals surface area contributed by atoms with Crippen LogP contribution in [0, 0.1) is 0 Å². The predicted octanol–water partition coefficient (Wildman–Crippen LogP) is 1.30. The molecule has 0 fully saturated rings. The first kappa shape index (κ1) is 15.5. The lowest BCUT2D eigenvalue weighted by Gasteiger charge is -2.20. The monoisotopic (exact) mass is 268 g/mol. The maximum atomic E-state index is 11.5. The number of ether oxygens (including phenoxy) is 1. The second-order valence-corrected chi connectivity index (χ2v) is 5.52. The Morgan fingerprint density at radius 1 is 1.58 bits per heavy atom. The average Bonchev–Trinajstić information content (AvgIpc) is 2.71. The molecule has 1 aromatic heterocycles. The van der Waals surface area contributed by atoms with Crippen LogP contribution in [0.2, 0.25) is 0 Å². The molecule has 0 aliphatic carbocycles. The molecule has 1 rings (SSSR count). The molecule has 1 atom stereocenters.